The van der Waals surface area contributed by atoms with E-state index in [9.17, 15) is 9.90 Å². The minimum absolute atomic E-state index is 0.0175. The standard InChI is InChI=1S/C20H22N2O3/c23-17-10-16(11-17)20(15-3-4-18-14(9-15)5-7-25-18)22-19(24)8-13-2-1-6-21-12-13/h1-4,6,9,12,16-17,20,23H,5,7-8,10-11H2,(H,22,24)/t16?,17?,20-/m0/s1. The number of nitrogens with zero attached hydrogens (tertiary/aromatic N) is 1. The molecule has 0 unspecified atom stereocenters. The fraction of sp³-hybridized carbons (Fsp3) is 0.400. The van der Waals surface area contributed by atoms with Gasteiger partial charge in [-0.25, -0.2) is 0 Å². The van der Waals surface area contributed by atoms with Crippen LogP contribution in [-0.4, -0.2) is 28.7 Å². The van der Waals surface area contributed by atoms with Gasteiger partial charge in [0, 0.05) is 18.8 Å². The molecular weight excluding hydrogens is 316 g/mol. The molecule has 1 fully saturated rings. The molecule has 2 aliphatic rings. The molecule has 1 amide bonds. The SMILES string of the molecule is O=C(Cc1cccnc1)N[C@@H](c1ccc2c(c1)CCO2)C1CC(O)C1. The number of fused-ring (bicyclic) bond motifs is 1. The van der Waals surface area contributed by atoms with Gasteiger partial charge in [0.05, 0.1) is 25.2 Å². The topological polar surface area (TPSA) is 71.5 Å². The zero-order chi connectivity index (χ0) is 17.2. The summed E-state index contributed by atoms with van der Waals surface area (Å²) in [7, 11) is 0. The van der Waals surface area contributed by atoms with E-state index in [2.05, 4.69) is 16.4 Å². The number of carbonyl (C=O) groups excluding carboxylic acids is 1. The van der Waals surface area contributed by atoms with Gasteiger partial charge in [0.2, 0.25) is 5.91 Å². The summed E-state index contributed by atoms with van der Waals surface area (Å²) in [5.74, 6) is 1.20. The van der Waals surface area contributed by atoms with Gasteiger partial charge in [-0.05, 0) is 53.6 Å². The number of hydrogen-bond donors (Lipinski definition) is 2. The molecule has 2 N–H and O–H groups in total. The molecule has 0 saturated heterocycles. The van der Waals surface area contributed by atoms with Crippen molar-refractivity contribution in [1.82, 2.24) is 10.3 Å². The summed E-state index contributed by atoms with van der Waals surface area (Å²) in [5, 5.41) is 12.9. The molecule has 5 heteroatoms. The lowest BCUT2D eigenvalue weighted by Crippen LogP contribution is -2.41. The molecular formula is C20H22N2O3. The minimum Gasteiger partial charge on any atom is -0.493 e. The van der Waals surface area contributed by atoms with Gasteiger partial charge in [-0.1, -0.05) is 12.1 Å². The first-order chi connectivity index (χ1) is 12.2. The Morgan fingerprint density at radius 1 is 1.36 bits per heavy atom. The minimum atomic E-state index is -0.250. The number of nitrogens with one attached hydrogen (secondary N) is 1. The lowest BCUT2D eigenvalue weighted by molar-refractivity contribution is -0.122. The van der Waals surface area contributed by atoms with E-state index in [0.29, 0.717) is 6.42 Å². The van der Waals surface area contributed by atoms with Crippen LogP contribution in [0.15, 0.2) is 42.7 Å². The number of ether oxygens (including phenoxy) is 1. The third-order valence-electron chi connectivity index (χ3n) is 5.10. The molecule has 1 saturated carbocycles. The van der Waals surface area contributed by atoms with Crippen LogP contribution in [0.5, 0.6) is 5.75 Å². The Bertz CT molecular complexity index is 757. The lowest BCUT2D eigenvalue weighted by Gasteiger charge is -2.38. The molecule has 1 aromatic carbocycles. The Morgan fingerprint density at radius 3 is 3.00 bits per heavy atom. The molecule has 2 heterocycles. The summed E-state index contributed by atoms with van der Waals surface area (Å²) in [5.41, 5.74) is 3.19. The average molecular weight is 338 g/mol. The highest BCUT2D eigenvalue weighted by Crippen LogP contribution is 2.39. The first-order valence-corrected chi connectivity index (χ1v) is 8.81. The van der Waals surface area contributed by atoms with Crippen LogP contribution in [-0.2, 0) is 17.6 Å². The molecule has 0 spiro atoms. The second kappa shape index (κ2) is 6.84. The number of carbonyl (C=O) groups is 1. The smallest absolute Gasteiger partial charge is 0.224 e. The molecule has 0 radical (unpaired) electrons. The third-order valence-corrected chi connectivity index (χ3v) is 5.10. The van der Waals surface area contributed by atoms with Crippen molar-refractivity contribution in [1.29, 1.82) is 0 Å². The highest BCUT2D eigenvalue weighted by Gasteiger charge is 2.36. The highest BCUT2D eigenvalue weighted by molar-refractivity contribution is 5.79. The van der Waals surface area contributed by atoms with E-state index in [0.717, 1.165) is 42.7 Å². The molecule has 1 aliphatic carbocycles. The number of aromatic nitrogens is 1. The van der Waals surface area contributed by atoms with E-state index in [-0.39, 0.29) is 24.0 Å². The van der Waals surface area contributed by atoms with Crippen LogP contribution in [0.3, 0.4) is 0 Å². The fourth-order valence-corrected chi connectivity index (χ4v) is 3.69. The molecule has 1 aliphatic heterocycles. The number of benzene rings is 1. The second-order valence-corrected chi connectivity index (χ2v) is 6.93. The Hall–Kier alpha value is -2.40. The van der Waals surface area contributed by atoms with Gasteiger partial charge in [-0.2, -0.15) is 0 Å². The lowest BCUT2D eigenvalue weighted by atomic mass is 9.74. The molecule has 4 rings (SSSR count). The number of amides is 1. The summed E-state index contributed by atoms with van der Waals surface area (Å²) in [6.07, 6.45) is 5.85. The summed E-state index contributed by atoms with van der Waals surface area (Å²) < 4.78 is 5.58. The van der Waals surface area contributed by atoms with Crippen LogP contribution in [0.25, 0.3) is 0 Å². The Labute approximate surface area is 147 Å². The first kappa shape index (κ1) is 16.1. The predicted molar refractivity (Wildman–Crippen MR) is 93.2 cm³/mol. The van der Waals surface area contributed by atoms with Gasteiger partial charge in [0.1, 0.15) is 5.75 Å². The maximum atomic E-state index is 12.5. The zero-order valence-electron chi connectivity index (χ0n) is 14.0. The maximum absolute atomic E-state index is 12.5. The van der Waals surface area contributed by atoms with Crippen molar-refractivity contribution >= 4 is 5.91 Å². The van der Waals surface area contributed by atoms with Crippen molar-refractivity contribution in [3.05, 3.63) is 59.4 Å². The van der Waals surface area contributed by atoms with E-state index >= 15 is 0 Å². The normalized spacial score (nSPS) is 22.4. The van der Waals surface area contributed by atoms with E-state index in [1.165, 1.54) is 5.56 Å². The van der Waals surface area contributed by atoms with Gasteiger partial charge in [-0.15, -0.1) is 0 Å². The molecule has 1 atom stereocenters. The number of rotatable bonds is 5. The first-order valence-electron chi connectivity index (χ1n) is 8.81. The van der Waals surface area contributed by atoms with E-state index in [1.807, 2.05) is 24.3 Å². The number of hydrogen-bond acceptors (Lipinski definition) is 4. The van der Waals surface area contributed by atoms with E-state index < -0.39 is 0 Å². The largest absolute Gasteiger partial charge is 0.493 e. The summed E-state index contributed by atoms with van der Waals surface area (Å²) >= 11 is 0. The molecule has 2 aromatic rings. The van der Waals surface area contributed by atoms with Crippen molar-refractivity contribution < 1.29 is 14.6 Å². The second-order valence-electron chi connectivity index (χ2n) is 6.93. The maximum Gasteiger partial charge on any atom is 0.224 e. The molecule has 25 heavy (non-hydrogen) atoms. The van der Waals surface area contributed by atoms with Crippen molar-refractivity contribution in [2.75, 3.05) is 6.61 Å². The zero-order valence-corrected chi connectivity index (χ0v) is 14.0. The quantitative estimate of drug-likeness (QED) is 0.877. The third kappa shape index (κ3) is 3.51. The van der Waals surface area contributed by atoms with Crippen LogP contribution in [0.1, 0.15) is 35.6 Å². The fourth-order valence-electron chi connectivity index (χ4n) is 3.69. The number of pyridine rings is 1. The summed E-state index contributed by atoms with van der Waals surface area (Å²) in [4.78, 5) is 16.6. The van der Waals surface area contributed by atoms with Crippen LogP contribution >= 0.6 is 0 Å². The van der Waals surface area contributed by atoms with E-state index in [1.54, 1.807) is 12.4 Å². The van der Waals surface area contributed by atoms with Gasteiger partial charge in [0.25, 0.3) is 0 Å². The molecule has 5 nitrogen and oxygen atoms in total. The van der Waals surface area contributed by atoms with E-state index in [4.69, 9.17) is 4.74 Å². The van der Waals surface area contributed by atoms with Crippen molar-refractivity contribution in [3.8, 4) is 5.75 Å². The summed E-state index contributed by atoms with van der Waals surface area (Å²) in [6, 6.07) is 9.84. The van der Waals surface area contributed by atoms with Crippen LogP contribution in [0.2, 0.25) is 0 Å². The van der Waals surface area contributed by atoms with Crippen LogP contribution in [0, 0.1) is 5.92 Å². The van der Waals surface area contributed by atoms with Crippen molar-refractivity contribution in [3.63, 3.8) is 0 Å². The average Bonchev–Trinajstić information content (AvgIpc) is 3.06. The predicted octanol–water partition coefficient (Wildman–Crippen LogP) is 2.19. The Balaban J connectivity index is 1.51. The van der Waals surface area contributed by atoms with Gasteiger partial charge in [0.15, 0.2) is 0 Å². The van der Waals surface area contributed by atoms with Gasteiger partial charge >= 0.3 is 0 Å². The number of aliphatic hydroxyl groups is 1. The van der Waals surface area contributed by atoms with Crippen molar-refractivity contribution in [2.24, 2.45) is 5.92 Å². The molecule has 1 aromatic heterocycles. The molecule has 130 valence electrons. The Kier molecular flexibility index (Phi) is 4.40. The van der Waals surface area contributed by atoms with Crippen LogP contribution in [0.4, 0.5) is 0 Å². The Morgan fingerprint density at radius 2 is 2.24 bits per heavy atom. The number of aliphatic hydroxyl groups excluding tert-OH is 1. The summed E-state index contributed by atoms with van der Waals surface area (Å²) in [6.45, 7) is 0.721. The van der Waals surface area contributed by atoms with Gasteiger partial charge < -0.3 is 15.2 Å². The monoisotopic (exact) mass is 338 g/mol. The van der Waals surface area contributed by atoms with Gasteiger partial charge in [-0.3, -0.25) is 9.78 Å². The molecule has 0 bridgehead atoms. The van der Waals surface area contributed by atoms with Crippen molar-refractivity contribution in [2.45, 2.75) is 37.8 Å². The highest BCUT2D eigenvalue weighted by atomic mass is 16.5. The van der Waals surface area contributed by atoms with Crippen LogP contribution < -0.4 is 10.1 Å².